The van der Waals surface area contributed by atoms with E-state index in [2.05, 4.69) is 10.6 Å². The number of hydrogen-bond acceptors (Lipinski definition) is 5. The number of nitrogens with one attached hydrogen (secondary N) is 2. The van der Waals surface area contributed by atoms with Crippen molar-refractivity contribution in [3.05, 3.63) is 22.4 Å². The van der Waals surface area contributed by atoms with E-state index in [1.54, 1.807) is 24.0 Å². The lowest BCUT2D eigenvalue weighted by atomic mass is 10.0. The van der Waals surface area contributed by atoms with E-state index in [0.717, 1.165) is 19.3 Å². The van der Waals surface area contributed by atoms with Crippen molar-refractivity contribution in [2.75, 3.05) is 19.6 Å². The second-order valence-corrected chi connectivity index (χ2v) is 7.14. The molecule has 3 amide bonds. The van der Waals surface area contributed by atoms with Crippen LogP contribution in [0.25, 0.3) is 0 Å². The van der Waals surface area contributed by atoms with Crippen LogP contribution in [0.15, 0.2) is 17.5 Å². The van der Waals surface area contributed by atoms with Gasteiger partial charge in [0.1, 0.15) is 6.04 Å². The molecule has 138 valence electrons. The summed E-state index contributed by atoms with van der Waals surface area (Å²) in [5.74, 6) is -0.442. The van der Waals surface area contributed by atoms with Crippen LogP contribution in [0.1, 0.15) is 42.3 Å². The zero-order valence-corrected chi connectivity index (χ0v) is 15.3. The van der Waals surface area contributed by atoms with Gasteiger partial charge in [0, 0.05) is 32.1 Å². The molecule has 0 spiro atoms. The van der Waals surface area contributed by atoms with Crippen LogP contribution < -0.4 is 16.4 Å². The second-order valence-electron chi connectivity index (χ2n) is 6.20. The Balaban J connectivity index is 1.92. The first kappa shape index (κ1) is 19.4. The maximum absolute atomic E-state index is 12.8. The van der Waals surface area contributed by atoms with Gasteiger partial charge >= 0.3 is 0 Å². The van der Waals surface area contributed by atoms with Gasteiger partial charge < -0.3 is 21.3 Å². The maximum Gasteiger partial charge on any atom is 0.261 e. The SMILES string of the molecule is CC(NC(=O)c1cccs1)C(=O)N1CCCCC1CNC(=O)CCN. The molecule has 1 aromatic rings. The predicted molar refractivity (Wildman–Crippen MR) is 97.3 cm³/mol. The van der Waals surface area contributed by atoms with Crippen LogP contribution in [0.2, 0.25) is 0 Å². The van der Waals surface area contributed by atoms with Crippen molar-refractivity contribution in [2.24, 2.45) is 5.73 Å². The molecule has 2 unspecified atom stereocenters. The molecule has 25 heavy (non-hydrogen) atoms. The minimum Gasteiger partial charge on any atom is -0.354 e. The molecule has 0 saturated carbocycles. The summed E-state index contributed by atoms with van der Waals surface area (Å²) in [7, 11) is 0. The number of thiophene rings is 1. The van der Waals surface area contributed by atoms with Gasteiger partial charge in [0.05, 0.1) is 4.88 Å². The Morgan fingerprint density at radius 1 is 1.40 bits per heavy atom. The van der Waals surface area contributed by atoms with Crippen molar-refractivity contribution in [1.82, 2.24) is 15.5 Å². The first-order valence-electron chi connectivity index (χ1n) is 8.64. The van der Waals surface area contributed by atoms with Gasteiger partial charge in [0.15, 0.2) is 0 Å². The highest BCUT2D eigenvalue weighted by Crippen LogP contribution is 2.18. The summed E-state index contributed by atoms with van der Waals surface area (Å²) >= 11 is 1.34. The Morgan fingerprint density at radius 2 is 2.20 bits per heavy atom. The third kappa shape index (κ3) is 5.54. The molecule has 1 aromatic heterocycles. The van der Waals surface area contributed by atoms with Gasteiger partial charge in [-0.25, -0.2) is 0 Å². The summed E-state index contributed by atoms with van der Waals surface area (Å²) in [5, 5.41) is 7.43. The Hall–Kier alpha value is -1.93. The van der Waals surface area contributed by atoms with Crippen molar-refractivity contribution in [1.29, 1.82) is 0 Å². The molecular weight excluding hydrogens is 340 g/mol. The van der Waals surface area contributed by atoms with Gasteiger partial charge in [-0.05, 0) is 37.6 Å². The average Bonchev–Trinajstić information content (AvgIpc) is 3.14. The molecule has 2 heterocycles. The van der Waals surface area contributed by atoms with Crippen LogP contribution in [0, 0.1) is 0 Å². The summed E-state index contributed by atoms with van der Waals surface area (Å²) in [6, 6.07) is 2.89. The molecule has 1 aliphatic rings. The fraction of sp³-hybridized carbons (Fsp3) is 0.588. The minimum atomic E-state index is -0.602. The zero-order valence-electron chi connectivity index (χ0n) is 14.5. The molecule has 0 radical (unpaired) electrons. The Kier molecular flexibility index (Phi) is 7.39. The molecule has 1 saturated heterocycles. The lowest BCUT2D eigenvalue weighted by Gasteiger charge is -2.37. The number of nitrogens with zero attached hydrogens (tertiary/aromatic N) is 1. The third-order valence-corrected chi connectivity index (χ3v) is 5.15. The summed E-state index contributed by atoms with van der Waals surface area (Å²) < 4.78 is 0. The maximum atomic E-state index is 12.8. The molecule has 7 nitrogen and oxygen atoms in total. The van der Waals surface area contributed by atoms with Gasteiger partial charge in [-0.15, -0.1) is 11.3 Å². The van der Waals surface area contributed by atoms with Crippen LogP contribution in [0.3, 0.4) is 0 Å². The number of piperidine rings is 1. The molecule has 2 atom stereocenters. The van der Waals surface area contributed by atoms with Gasteiger partial charge in [-0.3, -0.25) is 14.4 Å². The van der Waals surface area contributed by atoms with E-state index in [9.17, 15) is 14.4 Å². The van der Waals surface area contributed by atoms with E-state index in [1.807, 2.05) is 5.38 Å². The molecule has 1 fully saturated rings. The van der Waals surface area contributed by atoms with E-state index in [4.69, 9.17) is 5.73 Å². The number of amides is 3. The zero-order chi connectivity index (χ0) is 18.2. The monoisotopic (exact) mass is 366 g/mol. The van der Waals surface area contributed by atoms with Gasteiger partial charge in [-0.2, -0.15) is 0 Å². The number of hydrogen-bond donors (Lipinski definition) is 3. The first-order chi connectivity index (χ1) is 12.0. The number of nitrogens with two attached hydrogens (primary N) is 1. The molecule has 0 bridgehead atoms. The number of carbonyl (C=O) groups is 3. The number of rotatable bonds is 7. The van der Waals surface area contributed by atoms with E-state index < -0.39 is 6.04 Å². The molecule has 8 heteroatoms. The fourth-order valence-electron chi connectivity index (χ4n) is 2.94. The topological polar surface area (TPSA) is 105 Å². The molecule has 1 aliphatic heterocycles. The van der Waals surface area contributed by atoms with Crippen LogP contribution in [0.5, 0.6) is 0 Å². The Labute approximate surface area is 151 Å². The quantitative estimate of drug-likeness (QED) is 0.661. The minimum absolute atomic E-state index is 0.0379. The van der Waals surface area contributed by atoms with Crippen LogP contribution >= 0.6 is 11.3 Å². The molecule has 0 aliphatic carbocycles. The number of carbonyl (C=O) groups excluding carboxylic acids is 3. The standard InChI is InChI=1S/C17H26N4O3S/c1-12(20-16(23)14-6-4-10-25-14)17(24)21-9-3-2-5-13(21)11-19-15(22)7-8-18/h4,6,10,12-13H,2-3,5,7-9,11,18H2,1H3,(H,19,22)(H,20,23). The lowest BCUT2D eigenvalue weighted by Crippen LogP contribution is -2.55. The second kappa shape index (κ2) is 9.53. The Bertz CT molecular complexity index is 591. The van der Waals surface area contributed by atoms with Gasteiger partial charge in [0.25, 0.3) is 5.91 Å². The van der Waals surface area contributed by atoms with Crippen molar-refractivity contribution < 1.29 is 14.4 Å². The highest BCUT2D eigenvalue weighted by atomic mass is 32.1. The smallest absolute Gasteiger partial charge is 0.261 e. The largest absolute Gasteiger partial charge is 0.354 e. The summed E-state index contributed by atoms with van der Waals surface area (Å²) in [4.78, 5) is 38.9. The van der Waals surface area contributed by atoms with Crippen molar-refractivity contribution in [2.45, 2.75) is 44.7 Å². The normalized spacial score (nSPS) is 18.5. The third-order valence-electron chi connectivity index (χ3n) is 4.28. The van der Waals surface area contributed by atoms with Crippen LogP contribution in [-0.4, -0.2) is 54.3 Å². The van der Waals surface area contributed by atoms with E-state index in [0.29, 0.717) is 24.5 Å². The summed E-state index contributed by atoms with van der Waals surface area (Å²) in [6.07, 6.45) is 3.09. The van der Waals surface area contributed by atoms with Crippen molar-refractivity contribution in [3.63, 3.8) is 0 Å². The van der Waals surface area contributed by atoms with E-state index in [-0.39, 0.29) is 30.2 Å². The fourth-order valence-corrected chi connectivity index (χ4v) is 3.57. The highest BCUT2D eigenvalue weighted by Gasteiger charge is 2.30. The summed E-state index contributed by atoms with van der Waals surface area (Å²) in [5.41, 5.74) is 5.38. The van der Waals surface area contributed by atoms with Gasteiger partial charge in [-0.1, -0.05) is 6.07 Å². The predicted octanol–water partition coefficient (Wildman–Crippen LogP) is 0.713. The van der Waals surface area contributed by atoms with E-state index >= 15 is 0 Å². The Morgan fingerprint density at radius 3 is 2.88 bits per heavy atom. The molecule has 2 rings (SSSR count). The molecule has 4 N–H and O–H groups in total. The van der Waals surface area contributed by atoms with Gasteiger partial charge in [0.2, 0.25) is 11.8 Å². The average molecular weight is 366 g/mol. The van der Waals surface area contributed by atoms with E-state index in [1.165, 1.54) is 11.3 Å². The number of likely N-dealkylation sites (tertiary alicyclic amines) is 1. The summed E-state index contributed by atoms with van der Waals surface area (Å²) in [6.45, 7) is 3.09. The highest BCUT2D eigenvalue weighted by molar-refractivity contribution is 7.12. The molecule has 0 aromatic carbocycles. The van der Waals surface area contributed by atoms with Crippen LogP contribution in [-0.2, 0) is 9.59 Å². The van der Waals surface area contributed by atoms with Crippen molar-refractivity contribution in [3.8, 4) is 0 Å². The lowest BCUT2D eigenvalue weighted by molar-refractivity contribution is -0.137. The van der Waals surface area contributed by atoms with Crippen LogP contribution in [0.4, 0.5) is 0 Å². The first-order valence-corrected chi connectivity index (χ1v) is 9.52. The van der Waals surface area contributed by atoms with Crippen molar-refractivity contribution >= 4 is 29.1 Å². The molecular formula is C17H26N4O3S.